The van der Waals surface area contributed by atoms with E-state index in [4.69, 9.17) is 17.4 Å². The zero-order chi connectivity index (χ0) is 7.56. The maximum Gasteiger partial charge on any atom is 0.190 e. The van der Waals surface area contributed by atoms with Crippen molar-refractivity contribution in [1.82, 2.24) is 4.98 Å². The van der Waals surface area contributed by atoms with E-state index in [0.717, 1.165) is 0 Å². The minimum atomic E-state index is 0.0405. The Balaban J connectivity index is 2.81. The second kappa shape index (κ2) is 2.88. The number of hydrogen-bond donors (Lipinski definition) is 1. The van der Waals surface area contributed by atoms with E-state index >= 15 is 0 Å². The highest BCUT2D eigenvalue weighted by Gasteiger charge is 2.03. The van der Waals surface area contributed by atoms with Crippen molar-refractivity contribution in [3.63, 3.8) is 0 Å². The summed E-state index contributed by atoms with van der Waals surface area (Å²) in [5, 5.41) is 8.51. The van der Waals surface area contributed by atoms with Gasteiger partial charge in [-0.25, -0.2) is 4.98 Å². The van der Waals surface area contributed by atoms with Crippen LogP contribution in [0.5, 0.6) is 0 Å². The summed E-state index contributed by atoms with van der Waals surface area (Å²) in [5.41, 5.74) is 0.381. The molecule has 0 unspecified atom stereocenters. The maximum absolute atomic E-state index is 8.51. The molecule has 0 saturated carbocycles. The van der Waals surface area contributed by atoms with Crippen LogP contribution in [-0.2, 0) is 6.42 Å². The van der Waals surface area contributed by atoms with E-state index in [9.17, 15) is 0 Å². The van der Waals surface area contributed by atoms with Gasteiger partial charge in [0.15, 0.2) is 5.89 Å². The molecule has 0 spiro atoms. The molecule has 4 heteroatoms. The number of aliphatic hydroxyl groups excluding tert-OH is 1. The lowest BCUT2D eigenvalue weighted by atomic mass is 10.0. The van der Waals surface area contributed by atoms with E-state index in [0.29, 0.717) is 23.7 Å². The molecule has 0 bridgehead atoms. The van der Waals surface area contributed by atoms with Crippen LogP contribution in [0.1, 0.15) is 11.7 Å². The third-order valence-electron chi connectivity index (χ3n) is 1.17. The fourth-order valence-electron chi connectivity index (χ4n) is 0.766. The lowest BCUT2D eigenvalue weighted by molar-refractivity contribution is 0.287. The van der Waals surface area contributed by atoms with Crippen LogP contribution in [0.25, 0.3) is 0 Å². The van der Waals surface area contributed by atoms with Crippen molar-refractivity contribution in [1.29, 1.82) is 0 Å². The van der Waals surface area contributed by atoms with Crippen LogP contribution in [0.3, 0.4) is 0 Å². The largest absolute Gasteiger partial charge is 0.447 e. The molecule has 52 valence electrons. The topological polar surface area (TPSA) is 46.3 Å². The summed E-state index contributed by atoms with van der Waals surface area (Å²) >= 11 is 0. The van der Waals surface area contributed by atoms with Crippen LogP contribution in [0.2, 0.25) is 0 Å². The smallest absolute Gasteiger partial charge is 0.190 e. The Kier molecular flexibility index (Phi) is 2.11. The molecule has 1 N–H and O–H groups in total. The van der Waals surface area contributed by atoms with Crippen LogP contribution < -0.4 is 5.59 Å². The minimum Gasteiger partial charge on any atom is -0.447 e. The van der Waals surface area contributed by atoms with Crippen molar-refractivity contribution in [2.75, 3.05) is 6.61 Å². The number of oxazole rings is 1. The molecule has 0 fully saturated rings. The van der Waals surface area contributed by atoms with Crippen LogP contribution in [-0.4, -0.2) is 24.5 Å². The van der Waals surface area contributed by atoms with Gasteiger partial charge in [-0.05, 0) is 0 Å². The summed E-state index contributed by atoms with van der Waals surface area (Å²) in [6.45, 7) is 1.76. The Morgan fingerprint density at radius 1 is 1.70 bits per heavy atom. The summed E-state index contributed by atoms with van der Waals surface area (Å²) in [5.74, 6) is 1.11. The molecule has 1 aromatic rings. The SMILES string of the molecule is [B]c1nc(C)oc1CCO. The van der Waals surface area contributed by atoms with Crippen LogP contribution in [0, 0.1) is 6.92 Å². The summed E-state index contributed by atoms with van der Waals surface area (Å²) in [4.78, 5) is 3.83. The van der Waals surface area contributed by atoms with E-state index in [2.05, 4.69) is 4.98 Å². The maximum atomic E-state index is 8.51. The van der Waals surface area contributed by atoms with Gasteiger partial charge < -0.3 is 9.52 Å². The molecule has 0 amide bonds. The Labute approximate surface area is 60.5 Å². The lowest BCUT2D eigenvalue weighted by Gasteiger charge is -1.90. The molecular weight excluding hydrogens is 129 g/mol. The van der Waals surface area contributed by atoms with E-state index in [-0.39, 0.29) is 6.61 Å². The molecular formula is C6H8BNO2. The first-order chi connectivity index (χ1) is 4.74. The molecule has 10 heavy (non-hydrogen) atoms. The molecule has 3 nitrogen and oxygen atoms in total. The van der Waals surface area contributed by atoms with E-state index in [1.807, 2.05) is 0 Å². The Hall–Kier alpha value is -0.765. The number of aromatic nitrogens is 1. The minimum absolute atomic E-state index is 0.0405. The molecule has 0 aromatic carbocycles. The predicted octanol–water partition coefficient (Wildman–Crippen LogP) is -0.688. The first-order valence-electron chi connectivity index (χ1n) is 3.06. The number of hydrogen-bond acceptors (Lipinski definition) is 3. The van der Waals surface area contributed by atoms with Gasteiger partial charge in [0.05, 0.1) is 6.61 Å². The fourth-order valence-corrected chi connectivity index (χ4v) is 0.766. The molecule has 0 aliphatic carbocycles. The first-order valence-corrected chi connectivity index (χ1v) is 3.06. The molecule has 1 rings (SSSR count). The number of rotatable bonds is 2. The molecule has 0 saturated heterocycles. The molecule has 1 heterocycles. The summed E-state index contributed by atoms with van der Waals surface area (Å²) < 4.78 is 5.06. The molecule has 1 aromatic heterocycles. The molecule has 0 aliphatic heterocycles. The monoisotopic (exact) mass is 137 g/mol. The van der Waals surface area contributed by atoms with Crippen molar-refractivity contribution < 1.29 is 9.52 Å². The third-order valence-corrected chi connectivity index (χ3v) is 1.17. The van der Waals surface area contributed by atoms with E-state index in [1.54, 1.807) is 6.92 Å². The normalized spacial score (nSPS) is 10.2. The lowest BCUT2D eigenvalue weighted by Crippen LogP contribution is -2.10. The zero-order valence-corrected chi connectivity index (χ0v) is 5.79. The highest BCUT2D eigenvalue weighted by Crippen LogP contribution is 1.98. The van der Waals surface area contributed by atoms with E-state index < -0.39 is 0 Å². The van der Waals surface area contributed by atoms with Gasteiger partial charge in [0.2, 0.25) is 0 Å². The van der Waals surface area contributed by atoms with Gasteiger partial charge in [-0.15, -0.1) is 0 Å². The van der Waals surface area contributed by atoms with Gasteiger partial charge in [0.25, 0.3) is 0 Å². The second-order valence-corrected chi connectivity index (χ2v) is 2.01. The summed E-state index contributed by atoms with van der Waals surface area (Å²) in [6.07, 6.45) is 0.437. The van der Waals surface area contributed by atoms with Gasteiger partial charge in [-0.1, -0.05) is 0 Å². The second-order valence-electron chi connectivity index (χ2n) is 2.01. The highest BCUT2D eigenvalue weighted by molar-refractivity contribution is 6.31. The van der Waals surface area contributed by atoms with Gasteiger partial charge >= 0.3 is 0 Å². The van der Waals surface area contributed by atoms with Crippen LogP contribution in [0.4, 0.5) is 0 Å². The summed E-state index contributed by atoms with van der Waals surface area (Å²) in [7, 11) is 5.41. The zero-order valence-electron chi connectivity index (χ0n) is 5.79. The van der Waals surface area contributed by atoms with Crippen molar-refractivity contribution >= 4 is 13.4 Å². The van der Waals surface area contributed by atoms with Crippen molar-refractivity contribution in [2.45, 2.75) is 13.3 Å². The Morgan fingerprint density at radius 2 is 2.40 bits per heavy atom. The first kappa shape index (κ1) is 7.34. The Bertz CT molecular complexity index is 222. The number of nitrogens with zero attached hydrogens (tertiary/aromatic N) is 1. The average Bonchev–Trinajstić information content (AvgIpc) is 2.13. The van der Waals surface area contributed by atoms with Crippen molar-refractivity contribution in [3.05, 3.63) is 11.7 Å². The van der Waals surface area contributed by atoms with Crippen LogP contribution in [0.15, 0.2) is 4.42 Å². The van der Waals surface area contributed by atoms with Crippen molar-refractivity contribution in [2.24, 2.45) is 0 Å². The summed E-state index contributed by atoms with van der Waals surface area (Å²) in [6, 6.07) is 0. The predicted molar refractivity (Wildman–Crippen MR) is 37.4 cm³/mol. The third kappa shape index (κ3) is 1.39. The average molecular weight is 137 g/mol. The van der Waals surface area contributed by atoms with Gasteiger partial charge in [0.1, 0.15) is 13.6 Å². The Morgan fingerprint density at radius 3 is 2.80 bits per heavy atom. The van der Waals surface area contributed by atoms with Crippen LogP contribution >= 0.6 is 0 Å². The number of aryl methyl sites for hydroxylation is 1. The van der Waals surface area contributed by atoms with Gasteiger partial charge in [-0.3, -0.25) is 0 Å². The molecule has 2 radical (unpaired) electrons. The van der Waals surface area contributed by atoms with Crippen molar-refractivity contribution in [3.8, 4) is 0 Å². The quantitative estimate of drug-likeness (QED) is 0.548. The molecule has 0 aliphatic rings. The fraction of sp³-hybridized carbons (Fsp3) is 0.500. The van der Waals surface area contributed by atoms with Gasteiger partial charge in [0, 0.05) is 18.9 Å². The standard InChI is InChI=1S/C6H8BNO2/c1-4-8-6(7)5(10-4)2-3-9/h9H,2-3H2,1H3. The highest BCUT2D eigenvalue weighted by atomic mass is 16.4. The van der Waals surface area contributed by atoms with Gasteiger partial charge in [-0.2, -0.15) is 0 Å². The molecule has 0 atom stereocenters. The van der Waals surface area contributed by atoms with E-state index in [1.165, 1.54) is 0 Å². The number of aliphatic hydroxyl groups is 1.